The van der Waals surface area contributed by atoms with Gasteiger partial charge >= 0.3 is 0 Å². The smallest absolute Gasteiger partial charge is 0.286 e. The summed E-state index contributed by atoms with van der Waals surface area (Å²) in [6, 6.07) is 19.4. The first-order chi connectivity index (χ1) is 15.3. The van der Waals surface area contributed by atoms with E-state index in [1.54, 1.807) is 12.1 Å². The highest BCUT2D eigenvalue weighted by atomic mass is 16.5. The third-order valence-electron chi connectivity index (χ3n) is 5.02. The van der Waals surface area contributed by atoms with Crippen molar-refractivity contribution in [2.75, 3.05) is 13.2 Å². The first-order valence-corrected chi connectivity index (χ1v) is 10.3. The SMILES string of the molecule is C=CCc1ccccc1OCCn1c(CCNC(=O)c2ccco2)nc2ccccc21. The zero-order valence-electron chi connectivity index (χ0n) is 17.3. The number of benzene rings is 2. The number of aromatic nitrogens is 2. The quantitative estimate of drug-likeness (QED) is 0.390. The minimum Gasteiger partial charge on any atom is -0.491 e. The van der Waals surface area contributed by atoms with Crippen LogP contribution in [0.3, 0.4) is 0 Å². The van der Waals surface area contributed by atoms with E-state index in [1.807, 2.05) is 42.5 Å². The number of carbonyl (C=O) groups excluding carboxylic acids is 1. The number of fused-ring (bicyclic) bond motifs is 1. The van der Waals surface area contributed by atoms with E-state index in [0.29, 0.717) is 31.9 Å². The van der Waals surface area contributed by atoms with Gasteiger partial charge in [-0.15, -0.1) is 6.58 Å². The number of allylic oxidation sites excluding steroid dienone is 1. The van der Waals surface area contributed by atoms with Gasteiger partial charge in [0.25, 0.3) is 5.91 Å². The first kappa shape index (κ1) is 20.5. The van der Waals surface area contributed by atoms with E-state index in [9.17, 15) is 4.79 Å². The maximum atomic E-state index is 12.1. The lowest BCUT2D eigenvalue weighted by atomic mass is 10.1. The van der Waals surface area contributed by atoms with Gasteiger partial charge in [-0.1, -0.05) is 36.4 Å². The number of hydrogen-bond donors (Lipinski definition) is 1. The van der Waals surface area contributed by atoms with Crippen LogP contribution < -0.4 is 10.1 Å². The Labute approximate surface area is 181 Å². The number of nitrogens with one attached hydrogen (secondary N) is 1. The molecule has 4 aromatic rings. The number of imidazole rings is 1. The molecule has 0 saturated heterocycles. The van der Waals surface area contributed by atoms with E-state index in [1.165, 1.54) is 6.26 Å². The molecule has 2 aromatic carbocycles. The maximum Gasteiger partial charge on any atom is 0.286 e. The number of ether oxygens (including phenoxy) is 1. The average molecular weight is 415 g/mol. The van der Waals surface area contributed by atoms with E-state index in [0.717, 1.165) is 34.6 Å². The third-order valence-corrected chi connectivity index (χ3v) is 5.02. The van der Waals surface area contributed by atoms with Gasteiger partial charge in [-0.05, 0) is 42.3 Å². The molecule has 6 heteroatoms. The number of furan rings is 1. The van der Waals surface area contributed by atoms with Crippen LogP contribution in [0.2, 0.25) is 0 Å². The van der Waals surface area contributed by atoms with Gasteiger partial charge in [0.1, 0.15) is 18.2 Å². The number of nitrogens with zero attached hydrogens (tertiary/aromatic N) is 2. The molecule has 31 heavy (non-hydrogen) atoms. The predicted octanol–water partition coefficient (Wildman–Crippen LogP) is 4.41. The third kappa shape index (κ3) is 4.86. The maximum absolute atomic E-state index is 12.1. The van der Waals surface area contributed by atoms with Gasteiger partial charge in [-0.2, -0.15) is 0 Å². The Morgan fingerprint density at radius 1 is 1.13 bits per heavy atom. The molecule has 0 unspecified atom stereocenters. The highest BCUT2D eigenvalue weighted by Gasteiger charge is 2.13. The van der Waals surface area contributed by atoms with E-state index >= 15 is 0 Å². The van der Waals surface area contributed by atoms with E-state index in [2.05, 4.69) is 28.6 Å². The van der Waals surface area contributed by atoms with Crippen molar-refractivity contribution in [1.29, 1.82) is 0 Å². The van der Waals surface area contributed by atoms with Crippen LogP contribution in [-0.2, 0) is 19.4 Å². The van der Waals surface area contributed by atoms with Gasteiger partial charge in [0, 0.05) is 13.0 Å². The average Bonchev–Trinajstić information content (AvgIpc) is 3.44. The van der Waals surface area contributed by atoms with Crippen LogP contribution in [-0.4, -0.2) is 28.6 Å². The van der Waals surface area contributed by atoms with E-state index < -0.39 is 0 Å². The van der Waals surface area contributed by atoms with Crippen LogP contribution in [0.5, 0.6) is 5.75 Å². The first-order valence-electron chi connectivity index (χ1n) is 10.3. The van der Waals surface area contributed by atoms with Crippen molar-refractivity contribution in [3.8, 4) is 5.75 Å². The molecule has 0 fully saturated rings. The Bertz CT molecular complexity index is 1160. The second-order valence-electron chi connectivity index (χ2n) is 7.10. The molecule has 0 aliphatic rings. The molecule has 158 valence electrons. The molecule has 2 aromatic heterocycles. The fourth-order valence-electron chi connectivity index (χ4n) is 3.56. The minimum atomic E-state index is -0.227. The summed E-state index contributed by atoms with van der Waals surface area (Å²) in [6.45, 7) is 5.45. The molecule has 0 bridgehead atoms. The highest BCUT2D eigenvalue weighted by molar-refractivity contribution is 5.91. The van der Waals surface area contributed by atoms with Crippen molar-refractivity contribution in [2.45, 2.75) is 19.4 Å². The molecule has 0 saturated carbocycles. The van der Waals surface area contributed by atoms with Crippen molar-refractivity contribution in [1.82, 2.24) is 14.9 Å². The summed E-state index contributed by atoms with van der Waals surface area (Å²) in [4.78, 5) is 16.9. The van der Waals surface area contributed by atoms with Crippen LogP contribution >= 0.6 is 0 Å². The van der Waals surface area contributed by atoms with E-state index in [-0.39, 0.29) is 5.91 Å². The summed E-state index contributed by atoms with van der Waals surface area (Å²) < 4.78 is 13.4. The number of carbonyl (C=O) groups is 1. The second-order valence-corrected chi connectivity index (χ2v) is 7.10. The summed E-state index contributed by atoms with van der Waals surface area (Å²) in [5.74, 6) is 1.86. The second kappa shape index (κ2) is 9.80. The standard InChI is InChI=1S/C25H25N3O3/c1-2-8-19-9-3-6-12-22(19)31-18-16-28-21-11-5-4-10-20(21)27-24(28)14-15-26-25(29)23-13-7-17-30-23/h2-7,9-13,17H,1,8,14-16,18H2,(H,26,29). The van der Waals surface area contributed by atoms with Gasteiger partial charge in [0.05, 0.1) is 23.8 Å². The van der Waals surface area contributed by atoms with Gasteiger partial charge in [0.15, 0.2) is 5.76 Å². The van der Waals surface area contributed by atoms with Crippen LogP contribution in [0.4, 0.5) is 0 Å². The van der Waals surface area contributed by atoms with Crippen molar-refractivity contribution in [3.63, 3.8) is 0 Å². The molecular weight excluding hydrogens is 390 g/mol. The lowest BCUT2D eigenvalue weighted by Crippen LogP contribution is -2.26. The Hall–Kier alpha value is -3.80. The number of rotatable bonds is 10. The Morgan fingerprint density at radius 2 is 1.97 bits per heavy atom. The molecule has 0 atom stereocenters. The number of amides is 1. The van der Waals surface area contributed by atoms with Gasteiger partial charge < -0.3 is 19.0 Å². The summed E-state index contributed by atoms with van der Waals surface area (Å²) in [6.07, 6.45) is 4.74. The van der Waals surface area contributed by atoms with Crippen molar-refractivity contribution in [2.24, 2.45) is 0 Å². The van der Waals surface area contributed by atoms with Crippen LogP contribution in [0.25, 0.3) is 11.0 Å². The fourth-order valence-corrected chi connectivity index (χ4v) is 3.56. The largest absolute Gasteiger partial charge is 0.491 e. The highest BCUT2D eigenvalue weighted by Crippen LogP contribution is 2.20. The molecular formula is C25H25N3O3. The molecule has 1 N–H and O–H groups in total. The van der Waals surface area contributed by atoms with Crippen LogP contribution in [0.1, 0.15) is 21.9 Å². The zero-order chi connectivity index (χ0) is 21.5. The van der Waals surface area contributed by atoms with Gasteiger partial charge in [-0.3, -0.25) is 4.79 Å². The number of hydrogen-bond acceptors (Lipinski definition) is 4. The number of para-hydroxylation sites is 3. The predicted molar refractivity (Wildman–Crippen MR) is 120 cm³/mol. The molecule has 6 nitrogen and oxygen atoms in total. The van der Waals surface area contributed by atoms with Crippen molar-refractivity contribution < 1.29 is 13.9 Å². The van der Waals surface area contributed by atoms with Crippen LogP contribution in [0.15, 0.2) is 84.0 Å². The Morgan fingerprint density at radius 3 is 2.81 bits per heavy atom. The molecule has 4 rings (SSSR count). The topological polar surface area (TPSA) is 69.3 Å². The molecule has 0 aliphatic heterocycles. The summed E-state index contributed by atoms with van der Waals surface area (Å²) in [7, 11) is 0. The molecule has 2 heterocycles. The van der Waals surface area contributed by atoms with Gasteiger partial charge in [0.2, 0.25) is 0 Å². The van der Waals surface area contributed by atoms with E-state index in [4.69, 9.17) is 14.1 Å². The Balaban J connectivity index is 1.44. The molecule has 0 aliphatic carbocycles. The van der Waals surface area contributed by atoms with Crippen molar-refractivity contribution in [3.05, 3.63) is 96.7 Å². The zero-order valence-corrected chi connectivity index (χ0v) is 17.3. The molecule has 0 radical (unpaired) electrons. The van der Waals surface area contributed by atoms with Crippen molar-refractivity contribution >= 4 is 16.9 Å². The summed E-state index contributed by atoms with van der Waals surface area (Å²) in [5.41, 5.74) is 3.11. The minimum absolute atomic E-state index is 0.227. The van der Waals surface area contributed by atoms with Gasteiger partial charge in [-0.25, -0.2) is 4.98 Å². The normalized spacial score (nSPS) is 10.8. The molecule has 1 amide bonds. The fraction of sp³-hybridized carbons (Fsp3) is 0.200. The lowest BCUT2D eigenvalue weighted by molar-refractivity contribution is 0.0926. The van der Waals surface area contributed by atoms with Crippen LogP contribution in [0, 0.1) is 0 Å². The monoisotopic (exact) mass is 415 g/mol. The summed E-state index contributed by atoms with van der Waals surface area (Å²) >= 11 is 0. The lowest BCUT2D eigenvalue weighted by Gasteiger charge is -2.13. The summed E-state index contributed by atoms with van der Waals surface area (Å²) in [5, 5.41) is 2.88. The molecule has 0 spiro atoms. The Kier molecular flexibility index (Phi) is 6.47.